The van der Waals surface area contributed by atoms with Gasteiger partial charge in [0.1, 0.15) is 5.75 Å². The number of nitrogens with zero attached hydrogens (tertiary/aromatic N) is 1. The summed E-state index contributed by atoms with van der Waals surface area (Å²) >= 11 is 0. The molecule has 0 atom stereocenters. The van der Waals surface area contributed by atoms with Gasteiger partial charge in [-0.25, -0.2) is 0 Å². The van der Waals surface area contributed by atoms with E-state index in [1.807, 2.05) is 30.3 Å². The fourth-order valence-electron chi connectivity index (χ4n) is 2.44. The van der Waals surface area contributed by atoms with E-state index in [4.69, 9.17) is 0 Å². The Morgan fingerprint density at radius 2 is 1.84 bits per heavy atom. The Kier molecular flexibility index (Phi) is 4.41. The van der Waals surface area contributed by atoms with Gasteiger partial charge in [-0.1, -0.05) is 50.5 Å². The van der Waals surface area contributed by atoms with Crippen molar-refractivity contribution in [3.63, 3.8) is 0 Å². The predicted molar refractivity (Wildman–Crippen MR) is 78.2 cm³/mol. The molecule has 1 N–H and O–H groups in total. The van der Waals surface area contributed by atoms with Gasteiger partial charge in [0.05, 0.1) is 11.6 Å². The van der Waals surface area contributed by atoms with E-state index < -0.39 is 0 Å². The smallest absolute Gasteiger partial charge is 0.126 e. The second-order valence-electron chi connectivity index (χ2n) is 4.90. The summed E-state index contributed by atoms with van der Waals surface area (Å²) in [6.07, 6.45) is 5.49. The Bertz CT molecular complexity index is 610. The molecule has 0 bridgehead atoms. The number of fused-ring (bicyclic) bond motifs is 1. The van der Waals surface area contributed by atoms with E-state index in [1.54, 1.807) is 0 Å². The minimum atomic E-state index is 0.339. The quantitative estimate of drug-likeness (QED) is 0.795. The normalized spacial score (nSPS) is 10.5. The third-order valence-electron chi connectivity index (χ3n) is 3.52. The first-order valence-electron chi connectivity index (χ1n) is 6.91. The molecule has 0 fully saturated rings. The molecule has 0 aliphatic carbocycles. The molecular weight excluding hydrogens is 234 g/mol. The Morgan fingerprint density at radius 3 is 2.53 bits per heavy atom. The molecule has 2 aromatic carbocycles. The lowest BCUT2D eigenvalue weighted by Crippen LogP contribution is -1.91. The first-order chi connectivity index (χ1) is 9.27. The number of phenolic OH excluding ortho intramolecular Hbond substituents is 1. The Labute approximate surface area is 114 Å². The molecule has 19 heavy (non-hydrogen) atoms. The van der Waals surface area contributed by atoms with E-state index in [1.165, 1.54) is 19.3 Å². The summed E-state index contributed by atoms with van der Waals surface area (Å²) in [5, 5.41) is 21.2. The first kappa shape index (κ1) is 13.4. The Morgan fingerprint density at radius 1 is 1.11 bits per heavy atom. The third-order valence-corrected chi connectivity index (χ3v) is 3.52. The summed E-state index contributed by atoms with van der Waals surface area (Å²) in [4.78, 5) is 0. The van der Waals surface area contributed by atoms with Crippen molar-refractivity contribution in [2.75, 3.05) is 0 Å². The second-order valence-corrected chi connectivity index (χ2v) is 4.90. The number of nitriles is 1. The van der Waals surface area contributed by atoms with Gasteiger partial charge in [-0.2, -0.15) is 5.26 Å². The van der Waals surface area contributed by atoms with Crippen molar-refractivity contribution in [3.05, 3.63) is 41.5 Å². The van der Waals surface area contributed by atoms with Crippen molar-refractivity contribution in [3.8, 4) is 11.8 Å². The van der Waals surface area contributed by atoms with Gasteiger partial charge in [-0.3, -0.25) is 0 Å². The fraction of sp³-hybridized carbons (Fsp3) is 0.353. The zero-order valence-electron chi connectivity index (χ0n) is 11.3. The van der Waals surface area contributed by atoms with Crippen molar-refractivity contribution in [2.45, 2.75) is 39.0 Å². The molecule has 0 radical (unpaired) electrons. The maximum absolute atomic E-state index is 10.3. The van der Waals surface area contributed by atoms with Gasteiger partial charge in [0.25, 0.3) is 0 Å². The Hall–Kier alpha value is -2.01. The van der Waals surface area contributed by atoms with Crippen LogP contribution in [0, 0.1) is 11.3 Å². The van der Waals surface area contributed by atoms with Crippen LogP contribution in [0.3, 0.4) is 0 Å². The van der Waals surface area contributed by atoms with E-state index in [0.29, 0.717) is 11.3 Å². The minimum absolute atomic E-state index is 0.339. The molecule has 0 aromatic heterocycles. The van der Waals surface area contributed by atoms with Gasteiger partial charge >= 0.3 is 0 Å². The number of aromatic hydroxyl groups is 1. The van der Waals surface area contributed by atoms with Gasteiger partial charge in [-0.05, 0) is 24.5 Å². The molecule has 2 aromatic rings. The molecule has 2 nitrogen and oxygen atoms in total. The summed E-state index contributed by atoms with van der Waals surface area (Å²) in [5.41, 5.74) is 1.55. The van der Waals surface area contributed by atoms with Crippen LogP contribution in [0.4, 0.5) is 0 Å². The van der Waals surface area contributed by atoms with Crippen LogP contribution in [0.2, 0.25) is 0 Å². The van der Waals surface area contributed by atoms with Gasteiger partial charge in [0, 0.05) is 10.8 Å². The first-order valence-corrected chi connectivity index (χ1v) is 6.91. The zero-order valence-corrected chi connectivity index (χ0v) is 11.3. The van der Waals surface area contributed by atoms with Crippen LogP contribution >= 0.6 is 0 Å². The highest BCUT2D eigenvalue weighted by atomic mass is 16.3. The predicted octanol–water partition coefficient (Wildman–Crippen LogP) is 4.54. The number of hydrogen-bond donors (Lipinski definition) is 1. The number of benzene rings is 2. The molecule has 98 valence electrons. The minimum Gasteiger partial charge on any atom is -0.507 e. The summed E-state index contributed by atoms with van der Waals surface area (Å²) in [7, 11) is 0. The monoisotopic (exact) mass is 253 g/mol. The maximum atomic E-state index is 10.3. The SMILES string of the molecule is CCCCCCc1cc(C#N)c2ccccc2c1O. The molecule has 2 heteroatoms. The molecule has 0 heterocycles. The largest absolute Gasteiger partial charge is 0.507 e. The van der Waals surface area contributed by atoms with E-state index >= 15 is 0 Å². The number of rotatable bonds is 5. The van der Waals surface area contributed by atoms with E-state index in [0.717, 1.165) is 29.2 Å². The molecule has 0 unspecified atom stereocenters. The number of phenols is 1. The summed E-state index contributed by atoms with van der Waals surface area (Å²) < 4.78 is 0. The summed E-state index contributed by atoms with van der Waals surface area (Å²) in [6.45, 7) is 2.18. The average Bonchev–Trinajstić information content (AvgIpc) is 2.46. The van der Waals surface area contributed by atoms with Crippen molar-refractivity contribution >= 4 is 10.8 Å². The molecule has 0 amide bonds. The van der Waals surface area contributed by atoms with Crippen LogP contribution in [-0.2, 0) is 6.42 Å². The molecule has 0 saturated heterocycles. The molecule has 0 aliphatic heterocycles. The van der Waals surface area contributed by atoms with Gasteiger partial charge in [-0.15, -0.1) is 0 Å². The molecular formula is C17H19NO. The van der Waals surface area contributed by atoms with Crippen LogP contribution < -0.4 is 0 Å². The van der Waals surface area contributed by atoms with Crippen molar-refractivity contribution < 1.29 is 5.11 Å². The maximum Gasteiger partial charge on any atom is 0.126 e. The van der Waals surface area contributed by atoms with Crippen LogP contribution in [0.15, 0.2) is 30.3 Å². The van der Waals surface area contributed by atoms with Crippen LogP contribution in [-0.4, -0.2) is 5.11 Å². The third kappa shape index (κ3) is 2.88. The van der Waals surface area contributed by atoms with Crippen LogP contribution in [0.5, 0.6) is 5.75 Å². The average molecular weight is 253 g/mol. The lowest BCUT2D eigenvalue weighted by atomic mass is 9.97. The molecule has 0 aliphatic rings. The summed E-state index contributed by atoms with van der Waals surface area (Å²) in [5.74, 6) is 0.339. The van der Waals surface area contributed by atoms with Gasteiger partial charge in [0.2, 0.25) is 0 Å². The highest BCUT2D eigenvalue weighted by Gasteiger charge is 2.10. The topological polar surface area (TPSA) is 44.0 Å². The number of unbranched alkanes of at least 4 members (excludes halogenated alkanes) is 3. The van der Waals surface area contributed by atoms with E-state index in [9.17, 15) is 10.4 Å². The van der Waals surface area contributed by atoms with Gasteiger partial charge < -0.3 is 5.11 Å². The standard InChI is InChI=1S/C17H19NO/c1-2-3-4-5-8-13-11-14(12-18)15-9-6-7-10-16(15)17(13)19/h6-7,9-11,19H,2-5,8H2,1H3. The zero-order chi connectivity index (χ0) is 13.7. The Balaban J connectivity index is 2.34. The lowest BCUT2D eigenvalue weighted by molar-refractivity contribution is 0.472. The van der Waals surface area contributed by atoms with Crippen LogP contribution in [0.1, 0.15) is 43.7 Å². The van der Waals surface area contributed by atoms with Gasteiger partial charge in [0.15, 0.2) is 0 Å². The highest BCUT2D eigenvalue weighted by molar-refractivity contribution is 5.93. The van der Waals surface area contributed by atoms with Crippen LogP contribution in [0.25, 0.3) is 10.8 Å². The lowest BCUT2D eigenvalue weighted by Gasteiger charge is -2.09. The number of aryl methyl sites for hydroxylation is 1. The highest BCUT2D eigenvalue weighted by Crippen LogP contribution is 2.32. The van der Waals surface area contributed by atoms with Crippen molar-refractivity contribution in [1.29, 1.82) is 5.26 Å². The fourth-order valence-corrected chi connectivity index (χ4v) is 2.44. The number of hydrogen-bond acceptors (Lipinski definition) is 2. The van der Waals surface area contributed by atoms with E-state index in [-0.39, 0.29) is 0 Å². The molecule has 2 rings (SSSR count). The van der Waals surface area contributed by atoms with E-state index in [2.05, 4.69) is 13.0 Å². The van der Waals surface area contributed by atoms with Crippen molar-refractivity contribution in [1.82, 2.24) is 0 Å². The van der Waals surface area contributed by atoms with Crippen molar-refractivity contribution in [2.24, 2.45) is 0 Å². The molecule has 0 saturated carbocycles. The summed E-state index contributed by atoms with van der Waals surface area (Å²) in [6, 6.07) is 11.6. The second kappa shape index (κ2) is 6.24. The molecule has 0 spiro atoms.